The average molecular weight is 267 g/mol. The summed E-state index contributed by atoms with van der Waals surface area (Å²) in [5, 5.41) is 3.34. The van der Waals surface area contributed by atoms with Crippen molar-refractivity contribution in [3.63, 3.8) is 0 Å². The number of nitrogens with one attached hydrogen (secondary N) is 1. The van der Waals surface area contributed by atoms with Crippen molar-refractivity contribution in [2.45, 2.75) is 32.7 Å². The number of thiophene rings is 1. The Kier molecular flexibility index (Phi) is 4.92. The highest BCUT2D eigenvalue weighted by atomic mass is 32.1. The minimum Gasteiger partial charge on any atom is -0.379 e. The second-order valence-electron chi connectivity index (χ2n) is 4.67. The topological polar surface area (TPSA) is 38.3 Å². The van der Waals surface area contributed by atoms with Crippen LogP contribution in [0.2, 0.25) is 0 Å². The molecule has 18 heavy (non-hydrogen) atoms. The summed E-state index contributed by atoms with van der Waals surface area (Å²) in [4.78, 5) is 14.8. The fraction of sp³-hybridized carbons (Fsp3) is 0.643. The summed E-state index contributed by atoms with van der Waals surface area (Å²) in [6.45, 7) is 6.32. The lowest BCUT2D eigenvalue weighted by atomic mass is 9.96. The maximum absolute atomic E-state index is 12.3. The molecule has 0 bridgehead atoms. The van der Waals surface area contributed by atoms with Crippen molar-refractivity contribution in [1.29, 1.82) is 0 Å². The number of ether oxygens (including phenoxy) is 1. The van der Waals surface area contributed by atoms with Crippen LogP contribution in [0.5, 0.6) is 0 Å². The smallest absolute Gasteiger partial charge is 0.145 e. The Hall–Kier alpha value is -0.710. The molecule has 2 atom stereocenters. The lowest BCUT2D eigenvalue weighted by molar-refractivity contribution is -0.122. The molecule has 0 saturated carbocycles. The van der Waals surface area contributed by atoms with Crippen LogP contribution in [0.25, 0.3) is 0 Å². The SMILES string of the molecule is CCNC1COCC1C(=O)Cc1ccc(CC)s1. The molecule has 0 amide bonds. The third-order valence-electron chi connectivity index (χ3n) is 3.37. The van der Waals surface area contributed by atoms with Gasteiger partial charge >= 0.3 is 0 Å². The van der Waals surface area contributed by atoms with E-state index < -0.39 is 0 Å². The van der Waals surface area contributed by atoms with Crippen molar-refractivity contribution in [2.24, 2.45) is 5.92 Å². The summed E-state index contributed by atoms with van der Waals surface area (Å²) in [7, 11) is 0. The van der Waals surface area contributed by atoms with Gasteiger partial charge in [-0.25, -0.2) is 0 Å². The van der Waals surface area contributed by atoms with Crippen molar-refractivity contribution >= 4 is 17.1 Å². The number of likely N-dealkylation sites (N-methyl/N-ethyl adjacent to an activating group) is 1. The first-order valence-corrected chi connectivity index (χ1v) is 7.47. The van der Waals surface area contributed by atoms with Gasteiger partial charge in [-0.1, -0.05) is 13.8 Å². The van der Waals surface area contributed by atoms with Crippen LogP contribution >= 0.6 is 11.3 Å². The molecule has 0 spiro atoms. The molecule has 0 aliphatic carbocycles. The highest BCUT2D eigenvalue weighted by molar-refractivity contribution is 7.12. The zero-order valence-corrected chi connectivity index (χ0v) is 11.9. The maximum atomic E-state index is 12.3. The molecule has 1 aliphatic rings. The molecule has 2 unspecified atom stereocenters. The predicted molar refractivity (Wildman–Crippen MR) is 74.2 cm³/mol. The van der Waals surface area contributed by atoms with Crippen molar-refractivity contribution < 1.29 is 9.53 Å². The van der Waals surface area contributed by atoms with Crippen molar-refractivity contribution in [2.75, 3.05) is 19.8 Å². The Labute approximate surface area is 113 Å². The van der Waals surface area contributed by atoms with Crippen molar-refractivity contribution in [3.05, 3.63) is 21.9 Å². The molecule has 1 fully saturated rings. The van der Waals surface area contributed by atoms with E-state index in [9.17, 15) is 4.79 Å². The van der Waals surface area contributed by atoms with Gasteiger partial charge in [-0.05, 0) is 25.1 Å². The summed E-state index contributed by atoms with van der Waals surface area (Å²) >= 11 is 1.75. The molecule has 0 aromatic carbocycles. The van der Waals surface area contributed by atoms with Crippen LogP contribution in [0.1, 0.15) is 23.6 Å². The number of hydrogen-bond acceptors (Lipinski definition) is 4. The fourth-order valence-corrected chi connectivity index (χ4v) is 3.31. The summed E-state index contributed by atoms with van der Waals surface area (Å²) in [5.74, 6) is 0.333. The lowest BCUT2D eigenvalue weighted by Gasteiger charge is -2.16. The van der Waals surface area contributed by atoms with Crippen molar-refractivity contribution in [1.82, 2.24) is 5.32 Å². The molecule has 1 aliphatic heterocycles. The van der Waals surface area contributed by atoms with Gasteiger partial charge in [-0.2, -0.15) is 0 Å². The van der Waals surface area contributed by atoms with Crippen LogP contribution in [0, 0.1) is 5.92 Å². The minimum absolute atomic E-state index is 0.0251. The van der Waals surface area contributed by atoms with Gasteiger partial charge < -0.3 is 10.1 Å². The van der Waals surface area contributed by atoms with Crippen LogP contribution in [0.3, 0.4) is 0 Å². The van der Waals surface area contributed by atoms with E-state index in [4.69, 9.17) is 4.74 Å². The van der Waals surface area contributed by atoms with Gasteiger partial charge in [0.25, 0.3) is 0 Å². The second-order valence-corrected chi connectivity index (χ2v) is 5.93. The van der Waals surface area contributed by atoms with Crippen LogP contribution in [-0.2, 0) is 22.4 Å². The number of ketones is 1. The molecule has 1 N–H and O–H groups in total. The Balaban J connectivity index is 1.94. The number of carbonyl (C=O) groups is 1. The zero-order chi connectivity index (χ0) is 13.0. The zero-order valence-electron chi connectivity index (χ0n) is 11.1. The quantitative estimate of drug-likeness (QED) is 0.857. The van der Waals surface area contributed by atoms with Gasteiger partial charge in [-0.15, -0.1) is 11.3 Å². The van der Waals surface area contributed by atoms with Crippen molar-refractivity contribution in [3.8, 4) is 0 Å². The number of rotatable bonds is 6. The average Bonchev–Trinajstić information content (AvgIpc) is 2.98. The summed E-state index contributed by atoms with van der Waals surface area (Å²) < 4.78 is 5.43. The van der Waals surface area contributed by atoms with E-state index >= 15 is 0 Å². The number of aryl methyl sites for hydroxylation is 1. The highest BCUT2D eigenvalue weighted by Crippen LogP contribution is 2.21. The standard InChI is InChI=1S/C14H21NO2S/c1-3-10-5-6-11(18-10)7-14(16)12-8-17-9-13(12)15-4-2/h5-6,12-13,15H,3-4,7-9H2,1-2H3. The predicted octanol–water partition coefficient (Wildman–Crippen LogP) is 2.05. The molecule has 1 aromatic rings. The van der Waals surface area contributed by atoms with Gasteiger partial charge in [0.2, 0.25) is 0 Å². The Morgan fingerprint density at radius 2 is 2.17 bits per heavy atom. The van der Waals surface area contributed by atoms with Gasteiger partial charge in [-0.3, -0.25) is 4.79 Å². The fourth-order valence-electron chi connectivity index (χ4n) is 2.35. The lowest BCUT2D eigenvalue weighted by Crippen LogP contribution is -2.39. The van der Waals surface area contributed by atoms with E-state index in [0.717, 1.165) is 13.0 Å². The summed E-state index contributed by atoms with van der Waals surface area (Å²) in [5.41, 5.74) is 0. The van der Waals surface area contributed by atoms with Crippen LogP contribution < -0.4 is 5.32 Å². The van der Waals surface area contributed by atoms with Crippen LogP contribution in [0.15, 0.2) is 12.1 Å². The first-order chi connectivity index (χ1) is 8.74. The largest absolute Gasteiger partial charge is 0.379 e. The third-order valence-corrected chi connectivity index (χ3v) is 4.60. The molecule has 4 heteroatoms. The van der Waals surface area contributed by atoms with Crippen LogP contribution in [0.4, 0.5) is 0 Å². The van der Waals surface area contributed by atoms with Gasteiger partial charge in [0, 0.05) is 22.2 Å². The van der Waals surface area contributed by atoms with Gasteiger partial charge in [0.1, 0.15) is 5.78 Å². The molecular weight excluding hydrogens is 246 g/mol. The Morgan fingerprint density at radius 1 is 1.39 bits per heavy atom. The molecule has 2 rings (SSSR count). The first-order valence-electron chi connectivity index (χ1n) is 6.66. The number of Topliss-reactive ketones (excluding diaryl/α,β-unsaturated/α-hetero) is 1. The summed E-state index contributed by atoms with van der Waals surface area (Å²) in [6.07, 6.45) is 1.60. The molecular formula is C14H21NO2S. The minimum atomic E-state index is 0.0251. The molecule has 1 saturated heterocycles. The molecule has 3 nitrogen and oxygen atoms in total. The Morgan fingerprint density at radius 3 is 2.83 bits per heavy atom. The number of hydrogen-bond donors (Lipinski definition) is 1. The molecule has 0 radical (unpaired) electrons. The highest BCUT2D eigenvalue weighted by Gasteiger charge is 2.33. The van der Waals surface area contributed by atoms with E-state index in [-0.39, 0.29) is 12.0 Å². The van der Waals surface area contributed by atoms with E-state index in [0.29, 0.717) is 25.4 Å². The van der Waals surface area contributed by atoms with E-state index in [1.54, 1.807) is 11.3 Å². The number of carbonyl (C=O) groups excluding carboxylic acids is 1. The maximum Gasteiger partial charge on any atom is 0.145 e. The van der Waals surface area contributed by atoms with Crippen LogP contribution in [-0.4, -0.2) is 31.6 Å². The summed E-state index contributed by atoms with van der Waals surface area (Å²) in [6, 6.07) is 4.41. The first kappa shape index (κ1) is 13.7. The van der Waals surface area contributed by atoms with Gasteiger partial charge in [0.15, 0.2) is 0 Å². The molecule has 100 valence electrons. The van der Waals surface area contributed by atoms with E-state index in [2.05, 4.69) is 31.3 Å². The third kappa shape index (κ3) is 3.19. The normalized spacial score (nSPS) is 23.4. The molecule has 1 aromatic heterocycles. The van der Waals surface area contributed by atoms with E-state index in [1.165, 1.54) is 9.75 Å². The van der Waals surface area contributed by atoms with E-state index in [1.807, 2.05) is 0 Å². The Bertz CT molecular complexity index is 402. The second kappa shape index (κ2) is 6.45. The monoisotopic (exact) mass is 267 g/mol. The van der Waals surface area contributed by atoms with Gasteiger partial charge in [0.05, 0.1) is 19.1 Å². The molecule has 2 heterocycles.